The normalized spacial score (nSPS) is 10.7. The van der Waals surface area contributed by atoms with Crippen molar-refractivity contribution in [1.82, 2.24) is 0 Å². The third kappa shape index (κ3) is 3.79. The van der Waals surface area contributed by atoms with E-state index >= 15 is 0 Å². The van der Waals surface area contributed by atoms with Crippen LogP contribution in [-0.4, -0.2) is 18.5 Å². The highest BCUT2D eigenvalue weighted by molar-refractivity contribution is 7.14. The van der Waals surface area contributed by atoms with Gasteiger partial charge in [-0.2, -0.15) is 0 Å². The number of hydrogen-bond donors (Lipinski definition) is 1. The summed E-state index contributed by atoms with van der Waals surface area (Å²) in [5.74, 6) is -0.697. The Kier molecular flexibility index (Phi) is 5.09. The van der Waals surface area contributed by atoms with Crippen LogP contribution in [0.1, 0.15) is 22.2 Å². The zero-order valence-electron chi connectivity index (χ0n) is 10.8. The van der Waals surface area contributed by atoms with Crippen molar-refractivity contribution in [2.75, 3.05) is 11.9 Å². The fourth-order valence-electron chi connectivity index (χ4n) is 1.47. The topological polar surface area (TPSA) is 55.4 Å². The van der Waals surface area contributed by atoms with Gasteiger partial charge in [-0.1, -0.05) is 6.07 Å². The predicted octanol–water partition coefficient (Wildman–Crippen LogP) is 3.64. The molecule has 6 heteroatoms. The fourth-order valence-corrected chi connectivity index (χ4v) is 2.87. The van der Waals surface area contributed by atoms with Crippen molar-refractivity contribution in [3.8, 4) is 0 Å². The lowest BCUT2D eigenvalue weighted by molar-refractivity contribution is -0.111. The standard InChI is InChI=1S/C14H13NO3S2/c1-2-18-14(17)11-7-9-20-13(11)15-12(16)6-5-10-4-3-8-19-10/h3-9H,2H2,1H3,(H,15,16)/b6-5+. The van der Waals surface area contributed by atoms with Crippen molar-refractivity contribution in [3.05, 3.63) is 45.5 Å². The van der Waals surface area contributed by atoms with Gasteiger partial charge in [-0.25, -0.2) is 4.79 Å². The van der Waals surface area contributed by atoms with Crippen molar-refractivity contribution in [1.29, 1.82) is 0 Å². The molecule has 0 spiro atoms. The van der Waals surface area contributed by atoms with E-state index < -0.39 is 5.97 Å². The van der Waals surface area contributed by atoms with E-state index in [1.807, 2.05) is 17.5 Å². The first kappa shape index (κ1) is 14.5. The summed E-state index contributed by atoms with van der Waals surface area (Å²) < 4.78 is 4.93. The molecular weight excluding hydrogens is 294 g/mol. The molecule has 0 atom stereocenters. The summed E-state index contributed by atoms with van der Waals surface area (Å²) in [5.41, 5.74) is 0.384. The molecule has 0 unspecified atom stereocenters. The summed E-state index contributed by atoms with van der Waals surface area (Å²) in [5, 5.41) is 6.87. The maximum atomic E-state index is 11.8. The van der Waals surface area contributed by atoms with Gasteiger partial charge >= 0.3 is 5.97 Å². The molecule has 0 aromatic carbocycles. The largest absolute Gasteiger partial charge is 0.462 e. The quantitative estimate of drug-likeness (QED) is 0.678. The first-order valence-corrected chi connectivity index (χ1v) is 7.74. The van der Waals surface area contributed by atoms with E-state index in [-0.39, 0.29) is 5.91 Å². The van der Waals surface area contributed by atoms with Crippen LogP contribution in [0.5, 0.6) is 0 Å². The van der Waals surface area contributed by atoms with E-state index in [4.69, 9.17) is 4.74 Å². The fraction of sp³-hybridized carbons (Fsp3) is 0.143. The molecule has 4 nitrogen and oxygen atoms in total. The second-order valence-corrected chi connectivity index (χ2v) is 5.62. The summed E-state index contributed by atoms with van der Waals surface area (Å²) >= 11 is 2.84. The van der Waals surface area contributed by atoms with Crippen molar-refractivity contribution in [2.45, 2.75) is 6.92 Å². The molecule has 0 fully saturated rings. The first-order valence-electron chi connectivity index (χ1n) is 5.98. The van der Waals surface area contributed by atoms with Gasteiger partial charge in [-0.3, -0.25) is 4.79 Å². The molecule has 2 rings (SSSR count). The van der Waals surface area contributed by atoms with Crippen molar-refractivity contribution in [3.63, 3.8) is 0 Å². The minimum absolute atomic E-state index is 0.272. The average molecular weight is 307 g/mol. The molecule has 20 heavy (non-hydrogen) atoms. The number of rotatable bonds is 5. The van der Waals surface area contributed by atoms with Crippen LogP contribution in [-0.2, 0) is 9.53 Å². The van der Waals surface area contributed by atoms with Crippen LogP contribution in [0.3, 0.4) is 0 Å². The van der Waals surface area contributed by atoms with Crippen molar-refractivity contribution < 1.29 is 14.3 Å². The Balaban J connectivity index is 2.01. The van der Waals surface area contributed by atoms with Gasteiger partial charge in [0.25, 0.3) is 0 Å². The van der Waals surface area contributed by atoms with Crippen LogP contribution < -0.4 is 5.32 Å². The predicted molar refractivity (Wildman–Crippen MR) is 82.3 cm³/mol. The molecule has 0 bridgehead atoms. The highest BCUT2D eigenvalue weighted by Crippen LogP contribution is 2.24. The number of anilines is 1. The smallest absolute Gasteiger partial charge is 0.341 e. The highest BCUT2D eigenvalue weighted by Gasteiger charge is 2.14. The number of hydrogen-bond acceptors (Lipinski definition) is 5. The number of carbonyl (C=O) groups excluding carboxylic acids is 2. The van der Waals surface area contributed by atoms with Gasteiger partial charge in [-0.15, -0.1) is 22.7 Å². The van der Waals surface area contributed by atoms with Gasteiger partial charge < -0.3 is 10.1 Å². The van der Waals surface area contributed by atoms with E-state index in [0.29, 0.717) is 17.2 Å². The summed E-state index contributed by atoms with van der Waals surface area (Å²) in [7, 11) is 0. The SMILES string of the molecule is CCOC(=O)c1ccsc1NC(=O)/C=C/c1cccs1. The molecule has 1 amide bonds. The molecule has 0 aliphatic carbocycles. The molecule has 0 saturated carbocycles. The van der Waals surface area contributed by atoms with Gasteiger partial charge in [0, 0.05) is 11.0 Å². The van der Waals surface area contributed by atoms with Crippen LogP contribution >= 0.6 is 22.7 Å². The molecule has 1 N–H and O–H groups in total. The number of carbonyl (C=O) groups is 2. The lowest BCUT2D eigenvalue weighted by Gasteiger charge is -2.03. The Hall–Kier alpha value is -1.92. The van der Waals surface area contributed by atoms with Crippen LogP contribution in [0.15, 0.2) is 35.0 Å². The van der Waals surface area contributed by atoms with Gasteiger partial charge in [-0.05, 0) is 35.9 Å². The van der Waals surface area contributed by atoms with Crippen LogP contribution in [0, 0.1) is 0 Å². The van der Waals surface area contributed by atoms with E-state index in [1.54, 1.807) is 35.8 Å². The van der Waals surface area contributed by atoms with Gasteiger partial charge in [0.15, 0.2) is 0 Å². The highest BCUT2D eigenvalue weighted by atomic mass is 32.1. The number of amides is 1. The lowest BCUT2D eigenvalue weighted by atomic mass is 10.3. The Morgan fingerprint density at radius 1 is 1.30 bits per heavy atom. The molecule has 2 heterocycles. The molecule has 2 aromatic heterocycles. The zero-order valence-corrected chi connectivity index (χ0v) is 12.4. The van der Waals surface area contributed by atoms with Crippen LogP contribution in [0.25, 0.3) is 6.08 Å². The summed E-state index contributed by atoms with van der Waals surface area (Å²) in [6.07, 6.45) is 3.18. The number of esters is 1. The van der Waals surface area contributed by atoms with Gasteiger partial charge in [0.1, 0.15) is 5.00 Å². The Bertz CT molecular complexity index is 614. The molecule has 0 radical (unpaired) electrons. The Labute approximate surface area is 124 Å². The minimum Gasteiger partial charge on any atom is -0.462 e. The second-order valence-electron chi connectivity index (χ2n) is 3.72. The third-order valence-corrected chi connectivity index (χ3v) is 4.01. The molecule has 0 aliphatic rings. The Morgan fingerprint density at radius 3 is 2.85 bits per heavy atom. The summed E-state index contributed by atoms with van der Waals surface area (Å²) in [6, 6.07) is 5.48. The van der Waals surface area contributed by atoms with Crippen LogP contribution in [0.4, 0.5) is 5.00 Å². The van der Waals surface area contributed by atoms with E-state index in [1.165, 1.54) is 17.4 Å². The van der Waals surface area contributed by atoms with E-state index in [2.05, 4.69) is 5.32 Å². The average Bonchev–Trinajstić information content (AvgIpc) is 3.07. The number of nitrogens with one attached hydrogen (secondary N) is 1. The molecule has 0 aliphatic heterocycles. The second kappa shape index (κ2) is 7.02. The van der Waals surface area contributed by atoms with Crippen LogP contribution in [0.2, 0.25) is 0 Å². The zero-order chi connectivity index (χ0) is 14.4. The molecular formula is C14H13NO3S2. The van der Waals surface area contributed by atoms with Gasteiger partial charge in [0.05, 0.1) is 12.2 Å². The monoisotopic (exact) mass is 307 g/mol. The maximum absolute atomic E-state index is 11.8. The van der Waals surface area contributed by atoms with Gasteiger partial charge in [0.2, 0.25) is 5.91 Å². The summed E-state index contributed by atoms with van der Waals surface area (Å²) in [6.45, 7) is 2.05. The third-order valence-electron chi connectivity index (χ3n) is 2.34. The van der Waals surface area contributed by atoms with E-state index in [9.17, 15) is 9.59 Å². The molecule has 0 saturated heterocycles. The lowest BCUT2D eigenvalue weighted by Crippen LogP contribution is -2.11. The molecule has 104 valence electrons. The first-order chi connectivity index (χ1) is 9.70. The number of ether oxygens (including phenoxy) is 1. The maximum Gasteiger partial charge on any atom is 0.341 e. The van der Waals surface area contributed by atoms with Crippen molar-refractivity contribution >= 4 is 45.6 Å². The minimum atomic E-state index is -0.425. The Morgan fingerprint density at radius 2 is 2.15 bits per heavy atom. The van der Waals surface area contributed by atoms with E-state index in [0.717, 1.165) is 4.88 Å². The molecule has 2 aromatic rings. The number of thiophene rings is 2. The van der Waals surface area contributed by atoms with Crippen molar-refractivity contribution in [2.24, 2.45) is 0 Å². The summed E-state index contributed by atoms with van der Waals surface area (Å²) in [4.78, 5) is 24.5.